The minimum absolute atomic E-state index is 0. The summed E-state index contributed by atoms with van der Waals surface area (Å²) in [6.07, 6.45) is 0.988. The fourth-order valence-electron chi connectivity index (χ4n) is 2.51. The Labute approximate surface area is 141 Å². The van der Waals surface area contributed by atoms with Crippen LogP contribution in [0.15, 0.2) is 58.0 Å². The minimum atomic E-state index is 0. The number of hydrogen-bond acceptors (Lipinski definition) is 1. The van der Waals surface area contributed by atoms with Crippen molar-refractivity contribution in [2.24, 2.45) is 0 Å². The molecular weight excluding hydrogens is 377 g/mol. The molecule has 3 heteroatoms. The average Bonchev–Trinajstić information content (AvgIpc) is 2.44. The van der Waals surface area contributed by atoms with E-state index in [0.29, 0.717) is 0 Å². The van der Waals surface area contributed by atoms with E-state index in [1.807, 2.05) is 11.8 Å². The normalized spacial score (nSPS) is 14.9. The zero-order valence-corrected chi connectivity index (χ0v) is 14.7. The van der Waals surface area contributed by atoms with Crippen molar-refractivity contribution < 1.29 is 29.7 Å². The van der Waals surface area contributed by atoms with Crippen molar-refractivity contribution in [3.63, 3.8) is 0 Å². The number of aryl methyl sites for hydroxylation is 1. The van der Waals surface area contributed by atoms with Crippen LogP contribution in [0.25, 0.3) is 5.57 Å². The first-order valence-corrected chi connectivity index (χ1v) is 7.45. The summed E-state index contributed by atoms with van der Waals surface area (Å²) in [6.45, 7) is 4.33. The molecular formula is C17H18INS. The first-order valence-electron chi connectivity index (χ1n) is 6.64. The molecule has 0 aromatic heterocycles. The second-order valence-electron chi connectivity index (χ2n) is 4.93. The van der Waals surface area contributed by atoms with Crippen molar-refractivity contribution >= 4 is 17.3 Å². The maximum atomic E-state index is 4.28. The maximum absolute atomic E-state index is 4.28. The summed E-state index contributed by atoms with van der Waals surface area (Å²) < 4.78 is 0. The summed E-state index contributed by atoms with van der Waals surface area (Å²) in [5.74, 6) is 0. The van der Waals surface area contributed by atoms with Crippen LogP contribution in [0, 0.1) is 6.92 Å². The zero-order valence-electron chi connectivity index (χ0n) is 11.7. The molecule has 0 radical (unpaired) electrons. The zero-order chi connectivity index (χ0) is 13.4. The molecule has 0 spiro atoms. The molecule has 2 aromatic rings. The van der Waals surface area contributed by atoms with E-state index in [4.69, 9.17) is 0 Å². The second-order valence-corrected chi connectivity index (χ2v) is 6.01. The first-order chi connectivity index (χ1) is 9.20. The standard InChI is InChI=1S/C17H17NS.HI/c1-3-14(18)17-12-6-4-5-7-15(12)19-16-9-8-11(2)10-13(16)17;/h4-10H,3,18H2,1-2H3;1H. The van der Waals surface area contributed by atoms with E-state index in [2.05, 4.69) is 62.0 Å². The molecule has 0 fully saturated rings. The molecule has 0 amide bonds. The van der Waals surface area contributed by atoms with Gasteiger partial charge in [0.25, 0.3) is 0 Å². The molecule has 0 bridgehead atoms. The molecule has 1 heterocycles. The fourth-order valence-corrected chi connectivity index (χ4v) is 3.58. The van der Waals surface area contributed by atoms with Gasteiger partial charge in [0, 0.05) is 32.9 Å². The van der Waals surface area contributed by atoms with Crippen molar-refractivity contribution in [2.45, 2.75) is 30.1 Å². The Hall–Kier alpha value is -0.780. The molecule has 3 rings (SSSR count). The molecule has 1 aliphatic heterocycles. The number of hydrogen-bond donors (Lipinski definition) is 1. The molecule has 3 N–H and O–H groups in total. The molecule has 1 nitrogen and oxygen atoms in total. The van der Waals surface area contributed by atoms with Gasteiger partial charge in [0.15, 0.2) is 0 Å². The maximum Gasteiger partial charge on any atom is 0.112 e. The summed E-state index contributed by atoms with van der Waals surface area (Å²) in [5.41, 5.74) is 10.8. The lowest BCUT2D eigenvalue weighted by Crippen LogP contribution is -3.00. The molecule has 20 heavy (non-hydrogen) atoms. The summed E-state index contributed by atoms with van der Waals surface area (Å²) in [7, 11) is 0. The van der Waals surface area contributed by atoms with Crippen molar-refractivity contribution in [1.82, 2.24) is 0 Å². The fraction of sp³-hybridized carbons (Fsp3) is 0.176. The number of fused-ring (bicyclic) bond motifs is 2. The number of benzene rings is 2. The highest BCUT2D eigenvalue weighted by atomic mass is 127. The molecule has 2 aromatic carbocycles. The van der Waals surface area contributed by atoms with E-state index in [1.165, 1.54) is 37.8 Å². The Kier molecular flexibility index (Phi) is 4.94. The topological polar surface area (TPSA) is 27.6 Å². The molecule has 0 saturated carbocycles. The van der Waals surface area contributed by atoms with Crippen LogP contribution in [-0.2, 0) is 0 Å². The van der Waals surface area contributed by atoms with E-state index >= 15 is 0 Å². The predicted molar refractivity (Wildman–Crippen MR) is 80.9 cm³/mol. The highest BCUT2D eigenvalue weighted by Gasteiger charge is 2.23. The SMILES string of the molecule is CCC([NH3+])=C1c2ccccc2Sc2ccc(C)cc21.[I-]. The van der Waals surface area contributed by atoms with Gasteiger partial charge in [0.2, 0.25) is 0 Å². The molecule has 1 aliphatic rings. The van der Waals surface area contributed by atoms with Crippen molar-refractivity contribution in [3.05, 3.63) is 64.9 Å². The average molecular weight is 395 g/mol. The number of halogens is 1. The number of rotatable bonds is 1. The third-order valence-corrected chi connectivity index (χ3v) is 4.71. The molecule has 0 aliphatic carbocycles. The Bertz CT molecular complexity index is 676. The van der Waals surface area contributed by atoms with E-state index < -0.39 is 0 Å². The van der Waals surface area contributed by atoms with Crippen molar-refractivity contribution in [3.8, 4) is 0 Å². The minimum Gasteiger partial charge on any atom is -1.00 e. The van der Waals surface area contributed by atoms with Crippen LogP contribution in [0.4, 0.5) is 0 Å². The van der Waals surface area contributed by atoms with Crippen LogP contribution in [0.5, 0.6) is 0 Å². The molecule has 0 atom stereocenters. The van der Waals surface area contributed by atoms with Crippen LogP contribution < -0.4 is 29.7 Å². The Morgan fingerprint density at radius 1 is 1.05 bits per heavy atom. The Balaban J connectivity index is 0.00000147. The summed E-state index contributed by atoms with van der Waals surface area (Å²) >= 11 is 1.86. The lowest BCUT2D eigenvalue weighted by Gasteiger charge is -2.22. The van der Waals surface area contributed by atoms with Gasteiger partial charge in [0.1, 0.15) is 5.70 Å². The highest BCUT2D eigenvalue weighted by Crippen LogP contribution is 2.46. The van der Waals surface area contributed by atoms with Gasteiger partial charge in [-0.25, -0.2) is 0 Å². The number of allylic oxidation sites excluding steroid dienone is 1. The Morgan fingerprint density at radius 3 is 2.50 bits per heavy atom. The monoisotopic (exact) mass is 395 g/mol. The third kappa shape index (κ3) is 2.67. The lowest BCUT2D eigenvalue weighted by atomic mass is 9.93. The van der Waals surface area contributed by atoms with E-state index in [-0.39, 0.29) is 24.0 Å². The van der Waals surface area contributed by atoms with Gasteiger partial charge in [-0.3, -0.25) is 0 Å². The highest BCUT2D eigenvalue weighted by molar-refractivity contribution is 7.99. The van der Waals surface area contributed by atoms with Gasteiger partial charge in [-0.2, -0.15) is 0 Å². The van der Waals surface area contributed by atoms with Crippen LogP contribution in [0.3, 0.4) is 0 Å². The molecule has 0 unspecified atom stereocenters. The first kappa shape index (κ1) is 15.6. The molecule has 0 saturated heterocycles. The van der Waals surface area contributed by atoms with Gasteiger partial charge in [-0.1, -0.05) is 54.6 Å². The lowest BCUT2D eigenvalue weighted by molar-refractivity contribution is -0.304. The quantitative estimate of drug-likeness (QED) is 0.609. The van der Waals surface area contributed by atoms with E-state index in [9.17, 15) is 0 Å². The van der Waals surface area contributed by atoms with Crippen molar-refractivity contribution in [2.75, 3.05) is 0 Å². The summed E-state index contributed by atoms with van der Waals surface area (Å²) in [5, 5.41) is 0. The molecule has 104 valence electrons. The second kappa shape index (κ2) is 6.33. The van der Waals surface area contributed by atoms with Gasteiger partial charge in [-0.15, -0.1) is 0 Å². The number of quaternary nitrogens is 1. The van der Waals surface area contributed by atoms with Gasteiger partial charge < -0.3 is 29.7 Å². The van der Waals surface area contributed by atoms with Crippen molar-refractivity contribution in [1.29, 1.82) is 0 Å². The van der Waals surface area contributed by atoms with Gasteiger partial charge in [0.05, 0.1) is 0 Å². The predicted octanol–water partition coefficient (Wildman–Crippen LogP) is 0.875. The smallest absolute Gasteiger partial charge is 0.112 e. The van der Waals surface area contributed by atoms with Crippen LogP contribution in [-0.4, -0.2) is 0 Å². The van der Waals surface area contributed by atoms with Gasteiger partial charge >= 0.3 is 0 Å². The van der Waals surface area contributed by atoms with Crippen LogP contribution in [0.2, 0.25) is 0 Å². The van der Waals surface area contributed by atoms with Crippen LogP contribution in [0.1, 0.15) is 30.0 Å². The third-order valence-electron chi connectivity index (χ3n) is 3.56. The van der Waals surface area contributed by atoms with E-state index in [1.54, 1.807) is 0 Å². The summed E-state index contributed by atoms with van der Waals surface area (Å²) in [4.78, 5) is 2.68. The largest absolute Gasteiger partial charge is 1.00 e. The van der Waals surface area contributed by atoms with Crippen LogP contribution >= 0.6 is 11.8 Å². The van der Waals surface area contributed by atoms with Gasteiger partial charge in [-0.05, 0) is 19.1 Å². The van der Waals surface area contributed by atoms with E-state index in [0.717, 1.165) is 6.42 Å². The Morgan fingerprint density at radius 2 is 1.75 bits per heavy atom. The summed E-state index contributed by atoms with van der Waals surface area (Å²) in [6, 6.07) is 15.3.